The summed E-state index contributed by atoms with van der Waals surface area (Å²) in [6.45, 7) is 10.9. The van der Waals surface area contributed by atoms with E-state index in [2.05, 4.69) is 49.3 Å². The second-order valence-corrected chi connectivity index (χ2v) is 7.17. The highest BCUT2D eigenvalue weighted by Gasteiger charge is 2.16. The van der Waals surface area contributed by atoms with Crippen LogP contribution < -0.4 is 5.32 Å². The summed E-state index contributed by atoms with van der Waals surface area (Å²) in [6.07, 6.45) is 4.63. The molecule has 0 aromatic carbocycles. The molecule has 0 aliphatic carbocycles. The van der Waals surface area contributed by atoms with Gasteiger partial charge in [-0.05, 0) is 25.7 Å². The quantitative estimate of drug-likeness (QED) is 0.248. The van der Waals surface area contributed by atoms with Gasteiger partial charge < -0.3 is 19.7 Å². The molecule has 1 aliphatic rings. The van der Waals surface area contributed by atoms with Crippen molar-refractivity contribution in [3.63, 3.8) is 0 Å². The molecular weight excluding hydrogens is 457 g/mol. The second kappa shape index (κ2) is 12.6. The Bertz CT molecular complexity index is 570. The van der Waals surface area contributed by atoms with Gasteiger partial charge in [-0.1, -0.05) is 13.8 Å². The second-order valence-electron chi connectivity index (χ2n) is 7.17. The number of nitrogens with one attached hydrogen (secondary N) is 1. The highest BCUT2D eigenvalue weighted by atomic mass is 127. The van der Waals surface area contributed by atoms with E-state index in [0.717, 1.165) is 44.2 Å². The molecule has 1 aromatic heterocycles. The summed E-state index contributed by atoms with van der Waals surface area (Å²) in [5.74, 6) is 1.30. The van der Waals surface area contributed by atoms with Gasteiger partial charge in [0.1, 0.15) is 0 Å². The van der Waals surface area contributed by atoms with Crippen LogP contribution in [0, 0.1) is 0 Å². The zero-order chi connectivity index (χ0) is 18.9. The van der Waals surface area contributed by atoms with Crippen molar-refractivity contribution in [1.29, 1.82) is 0 Å². The molecule has 0 spiro atoms. The molecule has 0 amide bonds. The maximum absolute atomic E-state index is 5.71. The van der Waals surface area contributed by atoms with Crippen LogP contribution in [0.15, 0.2) is 11.2 Å². The van der Waals surface area contributed by atoms with Gasteiger partial charge in [0, 0.05) is 45.6 Å². The lowest BCUT2D eigenvalue weighted by Crippen LogP contribution is -2.38. The zero-order valence-corrected chi connectivity index (χ0v) is 19.7. The Morgan fingerprint density at radius 2 is 2.30 bits per heavy atom. The molecule has 7 nitrogen and oxygen atoms in total. The van der Waals surface area contributed by atoms with Gasteiger partial charge in [-0.2, -0.15) is 5.10 Å². The molecule has 1 unspecified atom stereocenters. The van der Waals surface area contributed by atoms with E-state index < -0.39 is 0 Å². The van der Waals surface area contributed by atoms with Crippen molar-refractivity contribution in [2.24, 2.45) is 12.0 Å². The van der Waals surface area contributed by atoms with Crippen LogP contribution in [-0.4, -0.2) is 66.7 Å². The van der Waals surface area contributed by atoms with Crippen molar-refractivity contribution in [3.8, 4) is 0 Å². The Morgan fingerprint density at radius 1 is 1.52 bits per heavy atom. The van der Waals surface area contributed by atoms with Crippen LogP contribution in [0.2, 0.25) is 0 Å². The van der Waals surface area contributed by atoms with Gasteiger partial charge in [-0.15, -0.1) is 24.0 Å². The fourth-order valence-electron chi connectivity index (χ4n) is 3.17. The minimum absolute atomic E-state index is 0. The average molecular weight is 493 g/mol. The largest absolute Gasteiger partial charge is 0.377 e. The van der Waals surface area contributed by atoms with Crippen molar-refractivity contribution >= 4 is 29.9 Å². The van der Waals surface area contributed by atoms with Crippen molar-refractivity contribution in [3.05, 3.63) is 17.5 Å². The Hall–Kier alpha value is -0.870. The maximum Gasteiger partial charge on any atom is 0.194 e. The van der Waals surface area contributed by atoms with Crippen LogP contribution in [0.5, 0.6) is 0 Å². The first-order chi connectivity index (χ1) is 12.5. The number of rotatable bonds is 9. The molecule has 1 atom stereocenters. The first kappa shape index (κ1) is 24.2. The molecule has 27 heavy (non-hydrogen) atoms. The summed E-state index contributed by atoms with van der Waals surface area (Å²) in [5, 5.41) is 7.95. The van der Waals surface area contributed by atoms with Crippen LogP contribution in [0.1, 0.15) is 50.8 Å². The van der Waals surface area contributed by atoms with Crippen LogP contribution in [0.25, 0.3) is 0 Å². The van der Waals surface area contributed by atoms with Gasteiger partial charge in [0.2, 0.25) is 0 Å². The third kappa shape index (κ3) is 7.95. The average Bonchev–Trinajstić information content (AvgIpc) is 3.23. The number of aryl methyl sites for hydroxylation is 1. The zero-order valence-electron chi connectivity index (χ0n) is 17.4. The maximum atomic E-state index is 5.71. The van der Waals surface area contributed by atoms with Crippen molar-refractivity contribution in [2.45, 2.75) is 52.2 Å². The molecule has 0 saturated carbocycles. The fourth-order valence-corrected chi connectivity index (χ4v) is 3.17. The molecule has 1 N–H and O–H groups in total. The molecule has 1 fully saturated rings. The monoisotopic (exact) mass is 493 g/mol. The first-order valence-electron chi connectivity index (χ1n) is 9.72. The van der Waals surface area contributed by atoms with Crippen LogP contribution in [-0.2, 0) is 23.1 Å². The number of guanidine groups is 1. The molecular formula is C19H36IN5O2. The van der Waals surface area contributed by atoms with E-state index in [1.165, 1.54) is 5.56 Å². The number of halogens is 1. The number of hydrogen-bond donors (Lipinski definition) is 1. The molecule has 2 heterocycles. The molecule has 8 heteroatoms. The molecule has 0 radical (unpaired) electrons. The van der Waals surface area contributed by atoms with Crippen LogP contribution >= 0.6 is 24.0 Å². The third-order valence-electron chi connectivity index (χ3n) is 4.41. The van der Waals surface area contributed by atoms with Gasteiger partial charge in [-0.25, -0.2) is 0 Å². The molecule has 2 rings (SSSR count). The molecule has 0 bridgehead atoms. The summed E-state index contributed by atoms with van der Waals surface area (Å²) in [5.41, 5.74) is 2.39. The Balaban J connectivity index is 0.00000364. The summed E-state index contributed by atoms with van der Waals surface area (Å²) < 4.78 is 13.2. The van der Waals surface area contributed by atoms with E-state index in [4.69, 9.17) is 14.5 Å². The van der Waals surface area contributed by atoms with E-state index in [0.29, 0.717) is 25.7 Å². The van der Waals surface area contributed by atoms with Gasteiger partial charge >= 0.3 is 0 Å². The summed E-state index contributed by atoms with van der Waals surface area (Å²) in [6, 6.07) is 0. The van der Waals surface area contributed by atoms with E-state index in [1.807, 2.05) is 11.7 Å². The lowest BCUT2D eigenvalue weighted by atomic mass is 10.1. The molecule has 1 aliphatic heterocycles. The third-order valence-corrected chi connectivity index (χ3v) is 4.41. The Morgan fingerprint density at radius 3 is 2.93 bits per heavy atom. The molecule has 1 aromatic rings. The summed E-state index contributed by atoms with van der Waals surface area (Å²) >= 11 is 0. The van der Waals surface area contributed by atoms with Crippen LogP contribution in [0.3, 0.4) is 0 Å². The predicted molar refractivity (Wildman–Crippen MR) is 120 cm³/mol. The number of aliphatic imine (C=N–C) groups is 1. The standard InChI is InChI=1S/C19H35N5O2.HI/c1-6-20-19(21-9-11-25-14-17-8-7-10-26-17)23(4)12-16-13-24(5)22-18(16)15(2)3;/h13,15,17H,6-12,14H2,1-5H3,(H,20,21);1H. The van der Waals surface area contributed by atoms with Crippen molar-refractivity contribution in [2.75, 3.05) is 40.0 Å². The SMILES string of the molecule is CCNC(=NCCOCC1CCCO1)N(C)Cc1cn(C)nc1C(C)C.I. The normalized spacial score (nSPS) is 17.3. The van der Waals surface area contributed by atoms with E-state index in [-0.39, 0.29) is 30.1 Å². The number of aromatic nitrogens is 2. The minimum Gasteiger partial charge on any atom is -0.377 e. The van der Waals surface area contributed by atoms with E-state index in [9.17, 15) is 0 Å². The number of ether oxygens (including phenoxy) is 2. The molecule has 156 valence electrons. The summed E-state index contributed by atoms with van der Waals surface area (Å²) in [7, 11) is 4.03. The van der Waals surface area contributed by atoms with Crippen molar-refractivity contribution < 1.29 is 9.47 Å². The Kier molecular flexibility index (Phi) is 11.2. The van der Waals surface area contributed by atoms with Gasteiger partial charge in [-0.3, -0.25) is 9.67 Å². The molecule has 1 saturated heterocycles. The highest BCUT2D eigenvalue weighted by Crippen LogP contribution is 2.18. The minimum atomic E-state index is 0. The van der Waals surface area contributed by atoms with Crippen molar-refractivity contribution in [1.82, 2.24) is 20.0 Å². The lowest BCUT2D eigenvalue weighted by Gasteiger charge is -2.22. The smallest absolute Gasteiger partial charge is 0.194 e. The van der Waals surface area contributed by atoms with Gasteiger partial charge in [0.15, 0.2) is 5.96 Å². The van der Waals surface area contributed by atoms with E-state index in [1.54, 1.807) is 0 Å². The highest BCUT2D eigenvalue weighted by molar-refractivity contribution is 14.0. The van der Waals surface area contributed by atoms with E-state index >= 15 is 0 Å². The number of nitrogens with zero attached hydrogens (tertiary/aromatic N) is 4. The van der Waals surface area contributed by atoms with Gasteiger partial charge in [0.05, 0.1) is 31.6 Å². The number of hydrogen-bond acceptors (Lipinski definition) is 4. The predicted octanol–water partition coefficient (Wildman–Crippen LogP) is 2.75. The first-order valence-corrected chi connectivity index (χ1v) is 9.72. The lowest BCUT2D eigenvalue weighted by molar-refractivity contribution is 0.0199. The summed E-state index contributed by atoms with van der Waals surface area (Å²) in [4.78, 5) is 6.84. The fraction of sp³-hybridized carbons (Fsp3) is 0.789. The topological polar surface area (TPSA) is 63.9 Å². The van der Waals surface area contributed by atoms with Gasteiger partial charge in [0.25, 0.3) is 0 Å². The van der Waals surface area contributed by atoms with Crippen LogP contribution in [0.4, 0.5) is 0 Å². The Labute approximate surface area is 180 Å².